The van der Waals surface area contributed by atoms with E-state index in [9.17, 15) is 13.2 Å². The van der Waals surface area contributed by atoms with Crippen molar-refractivity contribution in [2.24, 2.45) is 0 Å². The van der Waals surface area contributed by atoms with Crippen molar-refractivity contribution in [3.05, 3.63) is 58.6 Å². The largest absolute Gasteiger partial charge is 0.482 e. The zero-order chi connectivity index (χ0) is 18.7. The van der Waals surface area contributed by atoms with E-state index < -0.39 is 15.9 Å². The smallest absolute Gasteiger partial charge is 0.265 e. The molecule has 0 spiro atoms. The van der Waals surface area contributed by atoms with E-state index in [2.05, 4.69) is 0 Å². The van der Waals surface area contributed by atoms with Gasteiger partial charge in [-0.25, -0.2) is 8.42 Å². The van der Waals surface area contributed by atoms with Gasteiger partial charge < -0.3 is 9.64 Å². The number of halogens is 2. The van der Waals surface area contributed by atoms with Crippen molar-refractivity contribution >= 4 is 44.6 Å². The lowest BCUT2D eigenvalue weighted by molar-refractivity contribution is -0.121. The van der Waals surface area contributed by atoms with Crippen LogP contribution in [0.15, 0.2) is 48.5 Å². The molecule has 26 heavy (non-hydrogen) atoms. The van der Waals surface area contributed by atoms with Crippen molar-refractivity contribution in [3.63, 3.8) is 0 Å². The summed E-state index contributed by atoms with van der Waals surface area (Å²) >= 11 is 12.0. The van der Waals surface area contributed by atoms with Crippen molar-refractivity contribution < 1.29 is 17.9 Å². The Morgan fingerprint density at radius 2 is 1.88 bits per heavy atom. The molecule has 8 heteroatoms. The average molecular weight is 414 g/mol. The summed E-state index contributed by atoms with van der Waals surface area (Å²) in [6, 6.07) is 13.3. The molecule has 0 radical (unpaired) electrons. The molecule has 0 saturated carbocycles. The molecule has 2 aromatic carbocycles. The summed E-state index contributed by atoms with van der Waals surface area (Å²) in [4.78, 5) is 14.3. The van der Waals surface area contributed by atoms with Gasteiger partial charge in [-0.3, -0.25) is 4.79 Å². The van der Waals surface area contributed by atoms with E-state index in [1.807, 2.05) is 6.07 Å². The van der Waals surface area contributed by atoms with Gasteiger partial charge in [0, 0.05) is 16.8 Å². The Morgan fingerprint density at radius 3 is 2.54 bits per heavy atom. The van der Waals surface area contributed by atoms with E-state index in [1.54, 1.807) is 36.4 Å². The second kappa shape index (κ2) is 7.86. The van der Waals surface area contributed by atoms with Gasteiger partial charge in [0.2, 0.25) is 0 Å². The van der Waals surface area contributed by atoms with Crippen LogP contribution in [0.4, 0.5) is 5.69 Å². The van der Waals surface area contributed by atoms with Crippen LogP contribution in [0.2, 0.25) is 10.0 Å². The zero-order valence-corrected chi connectivity index (χ0v) is 16.1. The van der Waals surface area contributed by atoms with Crippen molar-refractivity contribution in [1.29, 1.82) is 0 Å². The minimum atomic E-state index is -3.13. The number of anilines is 1. The second-order valence-electron chi connectivity index (χ2n) is 6.02. The first-order chi connectivity index (χ1) is 12.4. The molecule has 1 saturated heterocycles. The van der Waals surface area contributed by atoms with Crippen LogP contribution in [0.1, 0.15) is 6.42 Å². The molecular weight excluding hydrogens is 397 g/mol. The number of hydrogen-bond acceptors (Lipinski definition) is 4. The molecule has 0 aliphatic carbocycles. The lowest BCUT2D eigenvalue weighted by Gasteiger charge is -2.28. The fraction of sp³-hybridized carbons (Fsp3) is 0.278. The Kier molecular flexibility index (Phi) is 5.75. The molecule has 1 amide bonds. The van der Waals surface area contributed by atoms with Crippen molar-refractivity contribution in [3.8, 4) is 5.75 Å². The summed E-state index contributed by atoms with van der Waals surface area (Å²) in [5.41, 5.74) is 0.639. The van der Waals surface area contributed by atoms with Gasteiger partial charge in [0.15, 0.2) is 16.4 Å². The van der Waals surface area contributed by atoms with E-state index >= 15 is 0 Å². The fourth-order valence-corrected chi connectivity index (χ4v) is 4.96. The summed E-state index contributed by atoms with van der Waals surface area (Å²) in [6.07, 6.45) is 0.404. The Bertz CT molecular complexity index is 903. The number of sulfone groups is 1. The van der Waals surface area contributed by atoms with E-state index in [4.69, 9.17) is 27.9 Å². The molecule has 2 aromatic rings. The van der Waals surface area contributed by atoms with E-state index in [0.717, 1.165) is 0 Å². The van der Waals surface area contributed by atoms with Gasteiger partial charge in [0.05, 0.1) is 22.6 Å². The second-order valence-corrected chi connectivity index (χ2v) is 9.09. The first-order valence-corrected chi connectivity index (χ1v) is 10.6. The number of carbonyl (C=O) groups is 1. The lowest BCUT2D eigenvalue weighted by Crippen LogP contribution is -2.43. The van der Waals surface area contributed by atoms with Crippen LogP contribution >= 0.6 is 23.2 Å². The molecule has 0 aromatic heterocycles. The number of amides is 1. The highest BCUT2D eigenvalue weighted by Crippen LogP contribution is 2.29. The number of para-hydroxylation sites is 1. The molecule has 1 heterocycles. The van der Waals surface area contributed by atoms with Crippen LogP contribution in [-0.4, -0.2) is 38.5 Å². The third kappa shape index (κ3) is 4.50. The number of nitrogens with zero attached hydrogens (tertiary/aromatic N) is 1. The fourth-order valence-electron chi connectivity index (χ4n) is 2.92. The number of carbonyl (C=O) groups excluding carboxylic acids is 1. The molecule has 1 aliphatic rings. The van der Waals surface area contributed by atoms with E-state index in [-0.39, 0.29) is 24.0 Å². The SMILES string of the molecule is O=C(COc1cc(Cl)ccc1Cl)N(c1ccccc1)[C@H]1CCS(=O)(=O)C1. The molecule has 138 valence electrons. The Morgan fingerprint density at radius 1 is 1.15 bits per heavy atom. The van der Waals surface area contributed by atoms with E-state index in [0.29, 0.717) is 27.9 Å². The Labute approximate surface area is 162 Å². The molecule has 5 nitrogen and oxygen atoms in total. The summed E-state index contributed by atoms with van der Waals surface area (Å²) in [6.45, 7) is -0.272. The maximum Gasteiger partial charge on any atom is 0.265 e. The molecule has 0 bridgehead atoms. The first-order valence-electron chi connectivity index (χ1n) is 8.01. The van der Waals surface area contributed by atoms with Gasteiger partial charge in [-0.2, -0.15) is 0 Å². The first kappa shape index (κ1) is 19.0. The molecule has 1 atom stereocenters. The van der Waals surface area contributed by atoms with Crippen molar-refractivity contribution in [2.45, 2.75) is 12.5 Å². The maximum absolute atomic E-state index is 12.8. The zero-order valence-electron chi connectivity index (χ0n) is 13.8. The van der Waals surface area contributed by atoms with Gasteiger partial charge in [-0.05, 0) is 30.7 Å². The number of rotatable bonds is 5. The van der Waals surface area contributed by atoms with Gasteiger partial charge in [0.1, 0.15) is 5.75 Å². The monoisotopic (exact) mass is 413 g/mol. The topological polar surface area (TPSA) is 63.7 Å². The van der Waals surface area contributed by atoms with Crippen molar-refractivity contribution in [2.75, 3.05) is 23.0 Å². The number of benzene rings is 2. The average Bonchev–Trinajstić information content (AvgIpc) is 2.96. The number of ether oxygens (including phenoxy) is 1. The van der Waals surface area contributed by atoms with Crippen LogP contribution in [0.3, 0.4) is 0 Å². The lowest BCUT2D eigenvalue weighted by atomic mass is 10.2. The normalized spacial score (nSPS) is 18.5. The van der Waals surface area contributed by atoms with Gasteiger partial charge in [0.25, 0.3) is 5.91 Å². The summed E-state index contributed by atoms with van der Waals surface area (Å²) in [5, 5.41) is 0.788. The van der Waals surface area contributed by atoms with Gasteiger partial charge in [-0.1, -0.05) is 41.4 Å². The van der Waals surface area contributed by atoms with Crippen LogP contribution in [0, 0.1) is 0 Å². The minimum Gasteiger partial charge on any atom is -0.482 e. The summed E-state index contributed by atoms with van der Waals surface area (Å²) in [7, 11) is -3.13. The van der Waals surface area contributed by atoms with Crippen LogP contribution < -0.4 is 9.64 Å². The van der Waals surface area contributed by atoms with Crippen molar-refractivity contribution in [1.82, 2.24) is 0 Å². The third-order valence-electron chi connectivity index (χ3n) is 4.12. The predicted octanol–water partition coefficient (Wildman–Crippen LogP) is 3.59. The molecule has 1 aliphatic heterocycles. The maximum atomic E-state index is 12.8. The van der Waals surface area contributed by atoms with E-state index in [1.165, 1.54) is 11.0 Å². The Hall–Kier alpha value is -1.76. The Balaban J connectivity index is 1.80. The quantitative estimate of drug-likeness (QED) is 0.750. The van der Waals surface area contributed by atoms with Gasteiger partial charge in [-0.15, -0.1) is 0 Å². The molecule has 0 N–H and O–H groups in total. The highest BCUT2D eigenvalue weighted by molar-refractivity contribution is 7.91. The molecule has 3 rings (SSSR count). The summed E-state index contributed by atoms with van der Waals surface area (Å²) < 4.78 is 29.3. The van der Waals surface area contributed by atoms with Crippen LogP contribution in [0.25, 0.3) is 0 Å². The highest BCUT2D eigenvalue weighted by atomic mass is 35.5. The van der Waals surface area contributed by atoms with Gasteiger partial charge >= 0.3 is 0 Å². The molecular formula is C18H17Cl2NO4S. The summed E-state index contributed by atoms with van der Waals surface area (Å²) in [5.74, 6) is -0.00483. The van der Waals surface area contributed by atoms with Crippen LogP contribution in [0.5, 0.6) is 5.75 Å². The molecule has 1 fully saturated rings. The third-order valence-corrected chi connectivity index (χ3v) is 6.42. The molecule has 0 unspecified atom stereocenters. The minimum absolute atomic E-state index is 0.0500. The van der Waals surface area contributed by atoms with Crippen LogP contribution in [-0.2, 0) is 14.6 Å². The highest BCUT2D eigenvalue weighted by Gasteiger charge is 2.35. The standard InChI is InChI=1S/C18H17Cl2NO4S/c19-13-6-7-16(20)17(10-13)25-11-18(22)21(14-4-2-1-3-5-14)15-8-9-26(23,24)12-15/h1-7,10,15H,8-9,11-12H2/t15-/m0/s1. The number of hydrogen-bond donors (Lipinski definition) is 0. The predicted molar refractivity (Wildman–Crippen MR) is 103 cm³/mol.